The molecule has 1 aliphatic heterocycles. The van der Waals surface area contributed by atoms with E-state index in [9.17, 15) is 14.4 Å². The van der Waals surface area contributed by atoms with Crippen LogP contribution in [0.2, 0.25) is 4.34 Å². The zero-order valence-electron chi connectivity index (χ0n) is 15.1. The fraction of sp³-hybridized carbons (Fsp3) is 0.250. The number of amides is 3. The molecule has 2 aromatic rings. The first-order valence-corrected chi connectivity index (χ1v) is 9.65. The van der Waals surface area contributed by atoms with E-state index in [-0.39, 0.29) is 5.91 Å². The van der Waals surface area contributed by atoms with Crippen molar-refractivity contribution in [2.45, 2.75) is 26.4 Å². The van der Waals surface area contributed by atoms with Crippen molar-refractivity contribution >= 4 is 40.7 Å². The molecule has 0 bridgehead atoms. The summed E-state index contributed by atoms with van der Waals surface area (Å²) in [4.78, 5) is 42.0. The van der Waals surface area contributed by atoms with E-state index in [0.29, 0.717) is 28.6 Å². The maximum absolute atomic E-state index is 13.0. The molecule has 3 rings (SSSR count). The van der Waals surface area contributed by atoms with E-state index in [4.69, 9.17) is 11.6 Å². The highest BCUT2D eigenvalue weighted by Gasteiger charge is 2.41. The molecule has 1 aliphatic rings. The first-order valence-electron chi connectivity index (χ1n) is 8.46. The first-order chi connectivity index (χ1) is 12.8. The van der Waals surface area contributed by atoms with Crippen molar-refractivity contribution in [2.75, 3.05) is 6.54 Å². The molecule has 3 amide bonds. The molecule has 1 aromatic heterocycles. The predicted molar refractivity (Wildman–Crippen MR) is 106 cm³/mol. The lowest BCUT2D eigenvalue weighted by Crippen LogP contribution is -2.49. The minimum Gasteiger partial charge on any atom is -0.332 e. The number of rotatable bonds is 6. The smallest absolute Gasteiger partial charge is 0.262 e. The topological polar surface area (TPSA) is 57.7 Å². The van der Waals surface area contributed by atoms with Crippen molar-refractivity contribution in [2.24, 2.45) is 0 Å². The van der Waals surface area contributed by atoms with Gasteiger partial charge in [-0.1, -0.05) is 29.3 Å². The molecular weight excluding hydrogens is 384 g/mol. The van der Waals surface area contributed by atoms with E-state index < -0.39 is 17.9 Å². The summed E-state index contributed by atoms with van der Waals surface area (Å²) in [6.45, 7) is 7.78. The van der Waals surface area contributed by atoms with Gasteiger partial charge in [-0.2, -0.15) is 0 Å². The molecule has 0 fully saturated rings. The van der Waals surface area contributed by atoms with Crippen LogP contribution in [0, 0.1) is 6.92 Å². The maximum Gasteiger partial charge on any atom is 0.262 e. The number of carbonyl (C=O) groups excluding carboxylic acids is 3. The molecule has 1 unspecified atom stereocenters. The third-order valence-electron chi connectivity index (χ3n) is 4.45. The van der Waals surface area contributed by atoms with Crippen LogP contribution in [0.15, 0.2) is 43.0 Å². The Morgan fingerprint density at radius 3 is 2.59 bits per heavy atom. The molecular formula is C20H19ClN2O3S. The summed E-state index contributed by atoms with van der Waals surface area (Å²) in [7, 11) is 0. The van der Waals surface area contributed by atoms with Crippen LogP contribution in [-0.2, 0) is 11.3 Å². The van der Waals surface area contributed by atoms with Gasteiger partial charge in [-0.05, 0) is 38.1 Å². The van der Waals surface area contributed by atoms with E-state index >= 15 is 0 Å². The lowest BCUT2D eigenvalue weighted by molar-refractivity contribution is -0.134. The zero-order chi connectivity index (χ0) is 19.7. The van der Waals surface area contributed by atoms with E-state index in [1.165, 1.54) is 11.3 Å². The van der Waals surface area contributed by atoms with E-state index in [1.54, 1.807) is 42.2 Å². The van der Waals surface area contributed by atoms with Crippen LogP contribution in [0.3, 0.4) is 0 Å². The molecule has 0 spiro atoms. The Morgan fingerprint density at radius 2 is 1.96 bits per heavy atom. The van der Waals surface area contributed by atoms with Crippen molar-refractivity contribution in [3.8, 4) is 0 Å². The van der Waals surface area contributed by atoms with Crippen LogP contribution in [-0.4, -0.2) is 40.1 Å². The number of fused-ring (bicyclic) bond motifs is 1. The van der Waals surface area contributed by atoms with E-state index in [1.807, 2.05) is 13.0 Å². The van der Waals surface area contributed by atoms with Crippen molar-refractivity contribution in [3.05, 3.63) is 68.9 Å². The Morgan fingerprint density at radius 1 is 1.26 bits per heavy atom. The minimum absolute atomic E-state index is 0.307. The molecule has 7 heteroatoms. The van der Waals surface area contributed by atoms with Crippen LogP contribution in [0.5, 0.6) is 0 Å². The number of carbonyl (C=O) groups is 3. The predicted octanol–water partition coefficient (Wildman–Crippen LogP) is 3.91. The van der Waals surface area contributed by atoms with Gasteiger partial charge in [0.15, 0.2) is 0 Å². The van der Waals surface area contributed by atoms with Crippen LogP contribution in [0.4, 0.5) is 0 Å². The summed E-state index contributed by atoms with van der Waals surface area (Å²) >= 11 is 7.35. The van der Waals surface area contributed by atoms with E-state index in [0.717, 1.165) is 15.3 Å². The highest BCUT2D eigenvalue weighted by atomic mass is 35.5. The van der Waals surface area contributed by atoms with E-state index in [2.05, 4.69) is 6.58 Å². The van der Waals surface area contributed by atoms with Gasteiger partial charge in [-0.3, -0.25) is 19.3 Å². The van der Waals surface area contributed by atoms with Gasteiger partial charge < -0.3 is 4.90 Å². The van der Waals surface area contributed by atoms with Crippen LogP contribution in [0.25, 0.3) is 0 Å². The summed E-state index contributed by atoms with van der Waals surface area (Å²) in [6.07, 6.45) is 1.62. The molecule has 1 atom stereocenters. The average molecular weight is 403 g/mol. The minimum atomic E-state index is -0.909. The van der Waals surface area contributed by atoms with Crippen molar-refractivity contribution in [3.63, 3.8) is 0 Å². The van der Waals surface area contributed by atoms with Gasteiger partial charge in [0.1, 0.15) is 6.04 Å². The van der Waals surface area contributed by atoms with Gasteiger partial charge >= 0.3 is 0 Å². The first kappa shape index (κ1) is 19.3. The lowest BCUT2D eigenvalue weighted by atomic mass is 10.1. The highest BCUT2D eigenvalue weighted by molar-refractivity contribution is 7.16. The average Bonchev–Trinajstić information content (AvgIpc) is 3.14. The number of benzene rings is 1. The summed E-state index contributed by atoms with van der Waals surface area (Å²) in [5.74, 6) is -1.18. The normalized spacial score (nSPS) is 14.3. The maximum atomic E-state index is 13.0. The fourth-order valence-corrected chi connectivity index (χ4v) is 4.22. The Balaban J connectivity index is 1.84. The van der Waals surface area contributed by atoms with Gasteiger partial charge in [0, 0.05) is 11.4 Å². The summed E-state index contributed by atoms with van der Waals surface area (Å²) in [5.41, 5.74) is 1.57. The highest BCUT2D eigenvalue weighted by Crippen LogP contribution is 2.27. The molecule has 27 heavy (non-hydrogen) atoms. The van der Waals surface area contributed by atoms with Crippen molar-refractivity contribution < 1.29 is 14.4 Å². The third-order valence-corrected chi connectivity index (χ3v) is 5.67. The second-order valence-electron chi connectivity index (χ2n) is 6.42. The van der Waals surface area contributed by atoms with Gasteiger partial charge in [0.25, 0.3) is 11.8 Å². The number of thiophene rings is 1. The number of halogens is 1. The Kier molecular flexibility index (Phi) is 5.48. The van der Waals surface area contributed by atoms with Gasteiger partial charge in [0.2, 0.25) is 5.91 Å². The van der Waals surface area contributed by atoms with Crippen molar-refractivity contribution in [1.29, 1.82) is 0 Å². The Labute approximate surface area is 166 Å². The molecule has 0 saturated carbocycles. The van der Waals surface area contributed by atoms with Crippen LogP contribution < -0.4 is 0 Å². The summed E-state index contributed by atoms with van der Waals surface area (Å²) in [5, 5.41) is 0. The number of aryl methyl sites for hydroxylation is 1. The molecule has 140 valence electrons. The van der Waals surface area contributed by atoms with Crippen LogP contribution in [0.1, 0.15) is 38.1 Å². The standard InChI is InChI=1S/C20H19ClN2O3S/c1-4-9-22(11-14-6-8-17(21)27-14)18(24)13(3)23-19(25)15-7-5-12(2)10-16(15)20(23)26/h4-8,10,13H,1,9,11H2,2-3H3. The summed E-state index contributed by atoms with van der Waals surface area (Å²) in [6, 6.07) is 7.82. The van der Waals surface area contributed by atoms with Crippen molar-refractivity contribution in [1.82, 2.24) is 9.80 Å². The fourth-order valence-electron chi connectivity index (χ4n) is 3.11. The molecule has 2 heterocycles. The largest absolute Gasteiger partial charge is 0.332 e. The Bertz CT molecular complexity index is 937. The molecule has 0 aliphatic carbocycles. The lowest BCUT2D eigenvalue weighted by Gasteiger charge is -2.28. The Hall–Kier alpha value is -2.44. The second-order valence-corrected chi connectivity index (χ2v) is 8.22. The number of hydrogen-bond donors (Lipinski definition) is 0. The molecule has 5 nitrogen and oxygen atoms in total. The monoisotopic (exact) mass is 402 g/mol. The van der Waals surface area contributed by atoms with Crippen LogP contribution >= 0.6 is 22.9 Å². The quantitative estimate of drug-likeness (QED) is 0.543. The van der Waals surface area contributed by atoms with Gasteiger partial charge in [0.05, 0.1) is 22.0 Å². The van der Waals surface area contributed by atoms with Gasteiger partial charge in [-0.25, -0.2) is 0 Å². The molecule has 1 aromatic carbocycles. The number of hydrogen-bond acceptors (Lipinski definition) is 4. The molecule has 0 saturated heterocycles. The van der Waals surface area contributed by atoms with Gasteiger partial charge in [-0.15, -0.1) is 17.9 Å². The number of nitrogens with zero attached hydrogens (tertiary/aromatic N) is 2. The third kappa shape index (κ3) is 3.68. The molecule has 0 N–H and O–H groups in total. The second kappa shape index (κ2) is 7.66. The zero-order valence-corrected chi connectivity index (χ0v) is 16.6. The summed E-state index contributed by atoms with van der Waals surface area (Å²) < 4.78 is 0.639. The SMILES string of the molecule is C=CCN(Cc1ccc(Cl)s1)C(=O)C(C)N1C(=O)c2ccc(C)cc2C1=O. The molecule has 0 radical (unpaired) electrons. The number of imide groups is 1.